The molecule has 0 amide bonds. The van der Waals surface area contributed by atoms with Crippen LogP contribution in [0.4, 0.5) is 5.69 Å². The van der Waals surface area contributed by atoms with E-state index in [4.69, 9.17) is 23.2 Å². The van der Waals surface area contributed by atoms with E-state index in [-0.39, 0.29) is 11.2 Å². The predicted molar refractivity (Wildman–Crippen MR) is 74.7 cm³/mol. The van der Waals surface area contributed by atoms with Crippen molar-refractivity contribution in [3.63, 3.8) is 0 Å². The van der Waals surface area contributed by atoms with Gasteiger partial charge in [-0.2, -0.15) is 10.2 Å². The van der Waals surface area contributed by atoms with Crippen molar-refractivity contribution < 1.29 is 4.79 Å². The predicted octanol–water partition coefficient (Wildman–Crippen LogP) is 4.99. The minimum absolute atomic E-state index is 0.0972. The Balaban J connectivity index is 2.61. The van der Waals surface area contributed by atoms with Crippen LogP contribution in [0, 0.1) is 5.41 Å². The molecular formula is C13H16Cl2N2O. The number of ketones is 1. The third-order valence-electron chi connectivity index (χ3n) is 2.07. The van der Waals surface area contributed by atoms with Gasteiger partial charge in [-0.15, -0.1) is 0 Å². The van der Waals surface area contributed by atoms with Gasteiger partial charge in [-0.1, -0.05) is 44.0 Å². The van der Waals surface area contributed by atoms with Crippen molar-refractivity contribution in [2.24, 2.45) is 15.6 Å². The lowest BCUT2D eigenvalue weighted by molar-refractivity contribution is -0.120. The van der Waals surface area contributed by atoms with Crippen LogP contribution in [0.3, 0.4) is 0 Å². The number of benzene rings is 1. The van der Waals surface area contributed by atoms with Crippen LogP contribution in [0.5, 0.6) is 0 Å². The fraction of sp³-hybridized carbons (Fsp3) is 0.462. The van der Waals surface area contributed by atoms with Crippen LogP contribution in [0.1, 0.15) is 27.2 Å². The molecule has 0 spiro atoms. The van der Waals surface area contributed by atoms with Crippen LogP contribution < -0.4 is 0 Å². The van der Waals surface area contributed by atoms with Gasteiger partial charge < -0.3 is 0 Å². The molecule has 0 saturated heterocycles. The quantitative estimate of drug-likeness (QED) is 0.436. The minimum atomic E-state index is -0.931. The zero-order valence-electron chi connectivity index (χ0n) is 10.7. The largest absolute Gasteiger partial charge is 0.296 e. The molecule has 1 aromatic carbocycles. The summed E-state index contributed by atoms with van der Waals surface area (Å²) in [5, 5.41) is 8.34. The molecule has 0 aromatic heterocycles. The first kappa shape index (κ1) is 15.1. The maximum atomic E-state index is 11.7. The Morgan fingerprint density at radius 3 is 2.33 bits per heavy atom. The van der Waals surface area contributed by atoms with Gasteiger partial charge in [0.25, 0.3) is 0 Å². The molecule has 0 N–H and O–H groups in total. The van der Waals surface area contributed by atoms with Crippen molar-refractivity contribution in [3.05, 3.63) is 29.3 Å². The SMILES string of the molecule is CC(C)(C)CC(=O)C(Cl)N=Nc1ccc(Cl)cc1. The molecular weight excluding hydrogens is 271 g/mol. The highest BCUT2D eigenvalue weighted by Gasteiger charge is 2.21. The van der Waals surface area contributed by atoms with E-state index in [1.54, 1.807) is 24.3 Å². The maximum Gasteiger partial charge on any atom is 0.202 e. The second-order valence-electron chi connectivity index (χ2n) is 5.23. The molecule has 1 aromatic rings. The summed E-state index contributed by atoms with van der Waals surface area (Å²) >= 11 is 11.6. The molecule has 0 saturated carbocycles. The average Bonchev–Trinajstić information content (AvgIpc) is 2.25. The van der Waals surface area contributed by atoms with E-state index < -0.39 is 5.50 Å². The number of halogens is 2. The zero-order chi connectivity index (χ0) is 13.8. The third-order valence-corrected chi connectivity index (χ3v) is 2.65. The maximum absolute atomic E-state index is 11.7. The highest BCUT2D eigenvalue weighted by molar-refractivity contribution is 6.31. The monoisotopic (exact) mass is 286 g/mol. The number of hydrogen-bond acceptors (Lipinski definition) is 3. The van der Waals surface area contributed by atoms with Crippen LogP contribution in [-0.4, -0.2) is 11.3 Å². The van der Waals surface area contributed by atoms with Gasteiger partial charge in [0.1, 0.15) is 0 Å². The topological polar surface area (TPSA) is 41.8 Å². The molecule has 1 rings (SSSR count). The van der Waals surface area contributed by atoms with E-state index in [0.717, 1.165) is 0 Å². The van der Waals surface area contributed by atoms with Gasteiger partial charge in [-0.05, 0) is 29.7 Å². The van der Waals surface area contributed by atoms with Crippen LogP contribution >= 0.6 is 23.2 Å². The summed E-state index contributed by atoms with van der Waals surface area (Å²) in [6, 6.07) is 6.83. The molecule has 0 aliphatic rings. The average molecular weight is 287 g/mol. The highest BCUT2D eigenvalue weighted by Crippen LogP contribution is 2.22. The molecule has 18 heavy (non-hydrogen) atoms. The summed E-state index contributed by atoms with van der Waals surface area (Å²) in [7, 11) is 0. The van der Waals surface area contributed by atoms with Crippen LogP contribution in [0.2, 0.25) is 5.02 Å². The summed E-state index contributed by atoms with van der Waals surface area (Å²) in [5.74, 6) is -0.123. The summed E-state index contributed by atoms with van der Waals surface area (Å²) < 4.78 is 0. The van der Waals surface area contributed by atoms with Gasteiger partial charge in [0.15, 0.2) is 5.78 Å². The summed E-state index contributed by atoms with van der Waals surface area (Å²) in [6.45, 7) is 5.93. The normalized spacial score (nSPS) is 13.8. The van der Waals surface area contributed by atoms with Crippen molar-refractivity contribution in [2.45, 2.75) is 32.7 Å². The van der Waals surface area contributed by atoms with Gasteiger partial charge in [-0.25, -0.2) is 0 Å². The molecule has 0 fully saturated rings. The number of carbonyl (C=O) groups excluding carboxylic acids is 1. The van der Waals surface area contributed by atoms with Crippen molar-refractivity contribution in [1.82, 2.24) is 0 Å². The van der Waals surface area contributed by atoms with Gasteiger partial charge in [-0.3, -0.25) is 4.79 Å². The number of hydrogen-bond donors (Lipinski definition) is 0. The van der Waals surface area contributed by atoms with E-state index in [2.05, 4.69) is 10.2 Å². The first-order valence-corrected chi connectivity index (χ1v) is 6.42. The van der Waals surface area contributed by atoms with Crippen molar-refractivity contribution >= 4 is 34.7 Å². The molecule has 0 aliphatic carbocycles. The Morgan fingerprint density at radius 2 is 1.83 bits per heavy atom. The van der Waals surface area contributed by atoms with Gasteiger partial charge >= 0.3 is 0 Å². The van der Waals surface area contributed by atoms with E-state index in [1.165, 1.54) is 0 Å². The molecule has 0 bridgehead atoms. The van der Waals surface area contributed by atoms with Gasteiger partial charge in [0, 0.05) is 11.4 Å². The van der Waals surface area contributed by atoms with E-state index in [9.17, 15) is 4.79 Å². The second kappa shape index (κ2) is 6.30. The number of rotatable bonds is 4. The smallest absolute Gasteiger partial charge is 0.202 e. The lowest BCUT2D eigenvalue weighted by atomic mass is 9.90. The number of nitrogens with zero attached hydrogens (tertiary/aromatic N) is 2. The molecule has 0 heterocycles. The summed E-state index contributed by atoms with van der Waals surface area (Å²) in [4.78, 5) is 11.7. The zero-order valence-corrected chi connectivity index (χ0v) is 12.2. The molecule has 3 nitrogen and oxygen atoms in total. The van der Waals surface area contributed by atoms with Crippen molar-refractivity contribution in [2.75, 3.05) is 0 Å². The Morgan fingerprint density at radius 1 is 1.28 bits per heavy atom. The van der Waals surface area contributed by atoms with Crippen molar-refractivity contribution in [3.8, 4) is 0 Å². The molecule has 0 aliphatic heterocycles. The van der Waals surface area contributed by atoms with E-state index >= 15 is 0 Å². The summed E-state index contributed by atoms with van der Waals surface area (Å²) in [5.41, 5.74) is -0.409. The number of alkyl halides is 1. The third kappa shape index (κ3) is 5.61. The number of Topliss-reactive ketones (excluding diaryl/α,β-unsaturated/α-hetero) is 1. The second-order valence-corrected chi connectivity index (χ2v) is 6.08. The summed E-state index contributed by atoms with van der Waals surface area (Å²) in [6.07, 6.45) is 0.376. The first-order valence-electron chi connectivity index (χ1n) is 5.61. The fourth-order valence-electron chi connectivity index (χ4n) is 1.30. The highest BCUT2D eigenvalue weighted by atomic mass is 35.5. The first-order chi connectivity index (χ1) is 8.28. The Bertz CT molecular complexity index is 435. The van der Waals surface area contributed by atoms with E-state index in [0.29, 0.717) is 17.1 Å². The molecule has 1 unspecified atom stereocenters. The lowest BCUT2D eigenvalue weighted by Crippen LogP contribution is -2.19. The van der Waals surface area contributed by atoms with Gasteiger partial charge in [0.2, 0.25) is 5.50 Å². The number of azo groups is 1. The molecule has 0 radical (unpaired) electrons. The van der Waals surface area contributed by atoms with Crippen LogP contribution in [0.15, 0.2) is 34.5 Å². The standard InChI is InChI=1S/C13H16Cl2N2O/c1-13(2,3)8-11(18)12(15)17-16-10-6-4-9(14)5-7-10/h4-7,12H,8H2,1-3H3. The Hall–Kier alpha value is -0.930. The van der Waals surface area contributed by atoms with E-state index in [1.807, 2.05) is 20.8 Å². The lowest BCUT2D eigenvalue weighted by Gasteiger charge is -2.17. The number of carbonyl (C=O) groups is 1. The molecule has 98 valence electrons. The fourth-order valence-corrected chi connectivity index (χ4v) is 1.54. The Kier molecular flexibility index (Phi) is 5.29. The molecule has 5 heteroatoms. The Labute approximate surface area is 117 Å². The van der Waals surface area contributed by atoms with Crippen LogP contribution in [-0.2, 0) is 4.79 Å². The van der Waals surface area contributed by atoms with Crippen LogP contribution in [0.25, 0.3) is 0 Å². The van der Waals surface area contributed by atoms with Crippen molar-refractivity contribution in [1.29, 1.82) is 0 Å². The minimum Gasteiger partial charge on any atom is -0.296 e. The van der Waals surface area contributed by atoms with Gasteiger partial charge in [0.05, 0.1) is 5.69 Å². The molecule has 1 atom stereocenters.